The molecule has 0 saturated carbocycles. The van der Waals surface area contributed by atoms with Crippen molar-refractivity contribution < 1.29 is 13.7 Å². The molecule has 0 atom stereocenters. The van der Waals surface area contributed by atoms with Crippen molar-refractivity contribution >= 4 is 43.6 Å². The molecule has 10 aromatic rings. The maximum atomic E-state index is 8.71. The van der Waals surface area contributed by atoms with Crippen molar-refractivity contribution in [2.45, 2.75) is 0 Å². The Labute approximate surface area is 302 Å². The van der Waals surface area contributed by atoms with E-state index in [-0.39, 0.29) is 28.6 Å². The molecule has 234 valence electrons. The Morgan fingerprint density at radius 3 is 1.38 bits per heavy atom. The first kappa shape index (κ1) is 19.8. The molecule has 3 aromatic heterocycles. The van der Waals surface area contributed by atoms with Crippen molar-refractivity contribution in [2.24, 2.45) is 0 Å². The fourth-order valence-corrected chi connectivity index (χ4v) is 6.80. The minimum Gasteiger partial charge on any atom is -0.309 e. The molecule has 0 unspecified atom stereocenters. The molecule has 0 N–H and O–H groups in total. The zero-order valence-electron chi connectivity index (χ0n) is 36.2. The molecular weight excluding hydrogens is 611 g/mol. The maximum absolute atomic E-state index is 8.71. The Balaban J connectivity index is 1.24. The van der Waals surface area contributed by atoms with Crippen LogP contribution in [0.4, 0.5) is 0 Å². The number of hydrogen-bond acceptors (Lipinski definition) is 3. The molecule has 10 rings (SSSR count). The lowest BCUT2D eigenvalue weighted by atomic mass is 10.1. The van der Waals surface area contributed by atoms with E-state index in [1.54, 1.807) is 6.07 Å². The minimum absolute atomic E-state index is 0.00967. The number of fused-ring (bicyclic) bond motifs is 6. The van der Waals surface area contributed by atoms with Crippen LogP contribution in [0.3, 0.4) is 0 Å². The minimum atomic E-state index is -0.605. The highest BCUT2D eigenvalue weighted by molar-refractivity contribution is 6.19. The molecular formula is C45H29N5. The first-order valence-electron chi connectivity index (χ1n) is 21.0. The predicted octanol–water partition coefficient (Wildman–Crippen LogP) is 11.1. The van der Waals surface area contributed by atoms with Crippen LogP contribution in [0.15, 0.2) is 176 Å². The van der Waals surface area contributed by atoms with Gasteiger partial charge in [-0.1, -0.05) is 127 Å². The van der Waals surface area contributed by atoms with Crippen LogP contribution in [0.25, 0.3) is 89.2 Å². The first-order valence-corrected chi connectivity index (χ1v) is 16.0. The van der Waals surface area contributed by atoms with Crippen molar-refractivity contribution in [1.29, 1.82) is 0 Å². The van der Waals surface area contributed by atoms with Gasteiger partial charge in [0.1, 0.15) is 0 Å². The summed E-state index contributed by atoms with van der Waals surface area (Å²) in [6, 6.07) is 32.6. The highest BCUT2D eigenvalue weighted by atomic mass is 15.0. The van der Waals surface area contributed by atoms with Gasteiger partial charge in [-0.3, -0.25) is 0 Å². The average molecular weight is 650 g/mol. The van der Waals surface area contributed by atoms with E-state index >= 15 is 0 Å². The van der Waals surface area contributed by atoms with Crippen LogP contribution in [0.1, 0.15) is 13.7 Å². The van der Waals surface area contributed by atoms with Crippen molar-refractivity contribution in [2.75, 3.05) is 0 Å². The van der Waals surface area contributed by atoms with E-state index in [2.05, 4.69) is 66.6 Å². The number of hydrogen-bond donors (Lipinski definition) is 0. The summed E-state index contributed by atoms with van der Waals surface area (Å²) in [6.45, 7) is 0. The molecule has 0 radical (unpaired) electrons. The van der Waals surface area contributed by atoms with Crippen LogP contribution in [-0.2, 0) is 0 Å². The summed E-state index contributed by atoms with van der Waals surface area (Å²) in [5.41, 5.74) is 5.56. The first-order chi connectivity index (χ1) is 28.9. The summed E-state index contributed by atoms with van der Waals surface area (Å²) in [5.74, 6) is -0.652. The fraction of sp³-hybridized carbons (Fsp3) is 0. The Bertz CT molecular complexity index is 3310. The lowest BCUT2D eigenvalue weighted by Crippen LogP contribution is -2.01. The summed E-state index contributed by atoms with van der Waals surface area (Å²) in [5, 5.41) is 4.20. The van der Waals surface area contributed by atoms with E-state index in [1.165, 1.54) is 0 Å². The zero-order chi connectivity index (χ0) is 41.7. The SMILES string of the molecule is [2H]c1c([2H])c([2H])c(-c2nc(-c3cccc(-n4c5ccccc5c5cc6c(cc54)c4ccccc4n6-c4ccccc4)c3)nc(-c3c([2H])c([2H])c([2H])c([2H])c3[2H])n2)c([2H])c1[2H]. The van der Waals surface area contributed by atoms with Gasteiger partial charge in [-0.2, -0.15) is 0 Å². The summed E-state index contributed by atoms with van der Waals surface area (Å²) in [4.78, 5) is 13.7. The topological polar surface area (TPSA) is 48.5 Å². The largest absolute Gasteiger partial charge is 0.309 e. The van der Waals surface area contributed by atoms with Crippen molar-refractivity contribution in [1.82, 2.24) is 24.1 Å². The van der Waals surface area contributed by atoms with Gasteiger partial charge in [0.05, 0.1) is 35.8 Å². The second kappa shape index (κ2) is 11.4. The molecule has 0 saturated heterocycles. The number of aromatic nitrogens is 5. The molecule has 5 heteroatoms. The smallest absolute Gasteiger partial charge is 0.164 e. The Hall–Kier alpha value is -6.85. The molecule has 5 nitrogen and oxygen atoms in total. The third-order valence-corrected chi connectivity index (χ3v) is 8.93. The van der Waals surface area contributed by atoms with Gasteiger partial charge in [0.2, 0.25) is 0 Å². The molecule has 3 heterocycles. The van der Waals surface area contributed by atoms with Crippen molar-refractivity contribution in [3.63, 3.8) is 0 Å². The summed E-state index contributed by atoms with van der Waals surface area (Å²) >= 11 is 0. The fourth-order valence-electron chi connectivity index (χ4n) is 6.80. The van der Waals surface area contributed by atoms with Gasteiger partial charge >= 0.3 is 0 Å². The van der Waals surface area contributed by atoms with E-state index < -0.39 is 60.4 Å². The van der Waals surface area contributed by atoms with Gasteiger partial charge < -0.3 is 9.13 Å². The lowest BCUT2D eigenvalue weighted by Gasteiger charge is -2.12. The molecule has 0 aliphatic carbocycles. The second-order valence-corrected chi connectivity index (χ2v) is 11.8. The van der Waals surface area contributed by atoms with Crippen LogP contribution in [-0.4, -0.2) is 24.1 Å². The Morgan fingerprint density at radius 2 is 0.820 bits per heavy atom. The molecule has 50 heavy (non-hydrogen) atoms. The van der Waals surface area contributed by atoms with Gasteiger partial charge in [0.25, 0.3) is 0 Å². The molecule has 0 aliphatic rings. The van der Waals surface area contributed by atoms with Crippen molar-refractivity contribution in [3.8, 4) is 45.5 Å². The highest BCUT2D eigenvalue weighted by Crippen LogP contribution is 2.40. The number of benzene rings is 7. The van der Waals surface area contributed by atoms with Gasteiger partial charge in [0.15, 0.2) is 17.5 Å². The normalized spacial score (nSPS) is 14.4. The van der Waals surface area contributed by atoms with E-state index in [0.29, 0.717) is 5.56 Å². The molecule has 0 spiro atoms. The molecule has 0 bridgehead atoms. The van der Waals surface area contributed by atoms with Gasteiger partial charge in [-0.05, 0) is 48.5 Å². The second-order valence-electron chi connectivity index (χ2n) is 11.8. The monoisotopic (exact) mass is 649 g/mol. The summed E-state index contributed by atoms with van der Waals surface area (Å²) in [6.07, 6.45) is 0. The third kappa shape index (κ3) is 4.52. The predicted molar refractivity (Wildman–Crippen MR) is 205 cm³/mol. The van der Waals surface area contributed by atoms with Gasteiger partial charge in [0, 0.05) is 49.6 Å². The molecule has 0 aliphatic heterocycles. The van der Waals surface area contributed by atoms with Crippen LogP contribution < -0.4 is 0 Å². The third-order valence-electron chi connectivity index (χ3n) is 8.93. The van der Waals surface area contributed by atoms with Gasteiger partial charge in [-0.25, -0.2) is 15.0 Å². The standard InChI is InChI=1S/C45H29N5/c1-4-15-30(16-5-1)43-46-44(31-17-6-2-7-18-31)48-45(47-43)32-19-14-22-34(27-32)50-40-26-13-11-24-36(40)38-28-41-37(29-42(38)50)35-23-10-12-25-39(35)49(41)33-20-8-3-9-21-33/h1-29H/i1D,2D,4D,5D,6D,7D,15D,16D,17D,18D. The summed E-state index contributed by atoms with van der Waals surface area (Å²) < 4.78 is 88.9. The van der Waals surface area contributed by atoms with E-state index in [4.69, 9.17) is 13.7 Å². The zero-order valence-corrected chi connectivity index (χ0v) is 26.2. The van der Waals surface area contributed by atoms with Crippen LogP contribution in [0.2, 0.25) is 0 Å². The molecule has 7 aromatic carbocycles. The number of para-hydroxylation sites is 3. The van der Waals surface area contributed by atoms with Gasteiger partial charge in [-0.15, -0.1) is 0 Å². The number of rotatable bonds is 5. The highest BCUT2D eigenvalue weighted by Gasteiger charge is 2.19. The van der Waals surface area contributed by atoms with Crippen LogP contribution in [0, 0.1) is 0 Å². The van der Waals surface area contributed by atoms with E-state index in [9.17, 15) is 0 Å². The van der Waals surface area contributed by atoms with Crippen molar-refractivity contribution in [3.05, 3.63) is 176 Å². The summed E-state index contributed by atoms with van der Waals surface area (Å²) in [7, 11) is 0. The lowest BCUT2D eigenvalue weighted by molar-refractivity contribution is 1.07. The van der Waals surface area contributed by atoms with E-state index in [0.717, 1.165) is 55.0 Å². The molecule has 0 amide bonds. The molecule has 0 fully saturated rings. The number of nitrogens with zero attached hydrogens (tertiary/aromatic N) is 5. The van der Waals surface area contributed by atoms with Crippen LogP contribution in [0.5, 0.6) is 0 Å². The maximum Gasteiger partial charge on any atom is 0.164 e. The quantitative estimate of drug-likeness (QED) is 0.186. The van der Waals surface area contributed by atoms with E-state index in [1.807, 2.05) is 66.7 Å². The average Bonchev–Trinajstić information content (AvgIpc) is 3.78. The Morgan fingerprint density at radius 1 is 0.360 bits per heavy atom. The Kier molecular flexibility index (Phi) is 4.52. The van der Waals surface area contributed by atoms with Crippen LogP contribution >= 0.6 is 0 Å².